The highest BCUT2D eigenvalue weighted by Crippen LogP contribution is 2.23. The molecule has 2 N–H and O–H groups in total. The Kier molecular flexibility index (Phi) is 3.44. The molecule has 1 heterocycles. The zero-order valence-corrected chi connectivity index (χ0v) is 11.7. The van der Waals surface area contributed by atoms with Gasteiger partial charge >= 0.3 is 0 Å². The van der Waals surface area contributed by atoms with Gasteiger partial charge in [-0.15, -0.1) is 0 Å². The number of hydrogen-bond acceptors (Lipinski definition) is 2. The van der Waals surface area contributed by atoms with Crippen LogP contribution >= 0.6 is 0 Å². The van der Waals surface area contributed by atoms with Crippen molar-refractivity contribution in [2.24, 2.45) is 5.73 Å². The van der Waals surface area contributed by atoms with Crippen molar-refractivity contribution in [2.75, 3.05) is 6.54 Å². The molecule has 0 aliphatic carbocycles. The lowest BCUT2D eigenvalue weighted by atomic mass is 9.98. The molecule has 0 radical (unpaired) electrons. The standard InChI is InChI=1S/C15H22N2O/c1-9-7-10(2)14(11(3)8-9)15(18)17-6-5-13(16)12(17)4/h7-8,12-13H,5-6,16H2,1-4H3. The summed E-state index contributed by atoms with van der Waals surface area (Å²) in [5.41, 5.74) is 10.2. The van der Waals surface area contributed by atoms with Crippen LogP contribution in [0.3, 0.4) is 0 Å². The molecular weight excluding hydrogens is 224 g/mol. The maximum Gasteiger partial charge on any atom is 0.254 e. The molecule has 0 saturated carbocycles. The van der Waals surface area contributed by atoms with Crippen LogP contribution in [-0.4, -0.2) is 29.4 Å². The summed E-state index contributed by atoms with van der Waals surface area (Å²) in [6.07, 6.45) is 0.900. The highest BCUT2D eigenvalue weighted by molar-refractivity contribution is 5.97. The van der Waals surface area contributed by atoms with E-state index in [1.165, 1.54) is 5.56 Å². The van der Waals surface area contributed by atoms with Crippen LogP contribution in [0.2, 0.25) is 0 Å². The highest BCUT2D eigenvalue weighted by atomic mass is 16.2. The average Bonchev–Trinajstić information content (AvgIpc) is 2.58. The number of nitrogens with two attached hydrogens (primary N) is 1. The Morgan fingerprint density at radius 3 is 2.28 bits per heavy atom. The van der Waals surface area contributed by atoms with Crippen molar-refractivity contribution < 1.29 is 4.79 Å². The van der Waals surface area contributed by atoms with Crippen LogP contribution in [0.25, 0.3) is 0 Å². The predicted octanol–water partition coefficient (Wildman–Crippen LogP) is 2.17. The van der Waals surface area contributed by atoms with Crippen molar-refractivity contribution in [3.05, 3.63) is 34.4 Å². The largest absolute Gasteiger partial charge is 0.334 e. The Hall–Kier alpha value is -1.35. The van der Waals surface area contributed by atoms with Crippen LogP contribution in [0.4, 0.5) is 0 Å². The number of hydrogen-bond donors (Lipinski definition) is 1. The monoisotopic (exact) mass is 246 g/mol. The lowest BCUT2D eigenvalue weighted by Gasteiger charge is -2.25. The van der Waals surface area contributed by atoms with E-state index in [1.54, 1.807) is 0 Å². The molecule has 1 fully saturated rings. The molecule has 1 aromatic carbocycles. The second-order valence-electron chi connectivity index (χ2n) is 5.47. The third-order valence-corrected chi connectivity index (χ3v) is 3.97. The van der Waals surface area contributed by atoms with Gasteiger partial charge in [0.2, 0.25) is 0 Å². The topological polar surface area (TPSA) is 46.3 Å². The van der Waals surface area contributed by atoms with E-state index in [4.69, 9.17) is 5.73 Å². The number of aryl methyl sites for hydroxylation is 3. The van der Waals surface area contributed by atoms with Gasteiger partial charge in [0.05, 0.1) is 0 Å². The van der Waals surface area contributed by atoms with E-state index in [9.17, 15) is 4.79 Å². The molecule has 98 valence electrons. The Labute approximate surface area is 109 Å². The van der Waals surface area contributed by atoms with E-state index >= 15 is 0 Å². The fourth-order valence-electron chi connectivity index (χ4n) is 2.91. The second kappa shape index (κ2) is 4.73. The summed E-state index contributed by atoms with van der Waals surface area (Å²) < 4.78 is 0. The van der Waals surface area contributed by atoms with E-state index in [0.29, 0.717) is 0 Å². The number of benzene rings is 1. The Bertz CT molecular complexity index is 458. The molecule has 0 spiro atoms. The van der Waals surface area contributed by atoms with Gasteiger partial charge in [0, 0.05) is 24.2 Å². The summed E-state index contributed by atoms with van der Waals surface area (Å²) in [4.78, 5) is 14.5. The molecule has 0 bridgehead atoms. The zero-order valence-electron chi connectivity index (χ0n) is 11.7. The number of rotatable bonds is 1. The third-order valence-electron chi connectivity index (χ3n) is 3.97. The number of carbonyl (C=O) groups is 1. The van der Waals surface area contributed by atoms with Gasteiger partial charge in [-0.1, -0.05) is 17.7 Å². The first-order valence-electron chi connectivity index (χ1n) is 6.56. The van der Waals surface area contributed by atoms with Crippen molar-refractivity contribution in [1.29, 1.82) is 0 Å². The highest BCUT2D eigenvalue weighted by Gasteiger charge is 2.32. The summed E-state index contributed by atoms with van der Waals surface area (Å²) in [7, 11) is 0. The van der Waals surface area contributed by atoms with Gasteiger partial charge in [0.25, 0.3) is 5.91 Å². The first kappa shape index (κ1) is 13.1. The summed E-state index contributed by atoms with van der Waals surface area (Å²) in [6, 6.07) is 4.39. The fraction of sp³-hybridized carbons (Fsp3) is 0.533. The van der Waals surface area contributed by atoms with Gasteiger partial charge in [-0.25, -0.2) is 0 Å². The minimum absolute atomic E-state index is 0.111. The Balaban J connectivity index is 2.35. The van der Waals surface area contributed by atoms with Crippen LogP contribution < -0.4 is 5.73 Å². The molecule has 2 atom stereocenters. The molecule has 2 rings (SSSR count). The van der Waals surface area contributed by atoms with Crippen molar-refractivity contribution in [2.45, 2.75) is 46.2 Å². The van der Waals surface area contributed by atoms with E-state index < -0.39 is 0 Å². The second-order valence-corrected chi connectivity index (χ2v) is 5.47. The minimum Gasteiger partial charge on any atom is -0.334 e. The van der Waals surface area contributed by atoms with E-state index in [1.807, 2.05) is 25.7 Å². The third kappa shape index (κ3) is 2.15. The van der Waals surface area contributed by atoms with Gasteiger partial charge < -0.3 is 10.6 Å². The molecule has 1 aliphatic rings. The van der Waals surface area contributed by atoms with E-state index in [2.05, 4.69) is 19.1 Å². The maximum atomic E-state index is 12.6. The van der Waals surface area contributed by atoms with E-state index in [-0.39, 0.29) is 18.0 Å². The molecule has 1 aliphatic heterocycles. The lowest BCUT2D eigenvalue weighted by molar-refractivity contribution is 0.0741. The quantitative estimate of drug-likeness (QED) is 0.825. The number of likely N-dealkylation sites (tertiary alicyclic amines) is 1. The van der Waals surface area contributed by atoms with Crippen LogP contribution in [0, 0.1) is 20.8 Å². The summed E-state index contributed by atoms with van der Waals surface area (Å²) in [6.45, 7) is 8.88. The molecule has 3 nitrogen and oxygen atoms in total. The molecule has 1 aromatic rings. The van der Waals surface area contributed by atoms with Crippen LogP contribution in [0.1, 0.15) is 40.4 Å². The van der Waals surface area contributed by atoms with Gasteiger partial charge in [-0.05, 0) is 45.2 Å². The summed E-state index contributed by atoms with van der Waals surface area (Å²) >= 11 is 0. The first-order chi connectivity index (χ1) is 8.41. The molecule has 2 unspecified atom stereocenters. The van der Waals surface area contributed by atoms with Crippen molar-refractivity contribution >= 4 is 5.91 Å². The Morgan fingerprint density at radius 1 is 1.28 bits per heavy atom. The Morgan fingerprint density at radius 2 is 1.83 bits per heavy atom. The lowest BCUT2D eigenvalue weighted by Crippen LogP contribution is -2.40. The van der Waals surface area contributed by atoms with Gasteiger partial charge in [-0.3, -0.25) is 4.79 Å². The zero-order chi connectivity index (χ0) is 13.4. The number of nitrogens with zero attached hydrogens (tertiary/aromatic N) is 1. The molecule has 0 aromatic heterocycles. The van der Waals surface area contributed by atoms with Crippen LogP contribution in [0.5, 0.6) is 0 Å². The van der Waals surface area contributed by atoms with Crippen molar-refractivity contribution in [1.82, 2.24) is 4.90 Å². The number of carbonyl (C=O) groups excluding carboxylic acids is 1. The maximum absolute atomic E-state index is 12.6. The minimum atomic E-state index is 0.111. The first-order valence-corrected chi connectivity index (χ1v) is 6.56. The SMILES string of the molecule is Cc1cc(C)c(C(=O)N2CCC(N)C2C)c(C)c1. The normalized spacial score (nSPS) is 23.5. The smallest absolute Gasteiger partial charge is 0.254 e. The molecule has 1 amide bonds. The van der Waals surface area contributed by atoms with Gasteiger partial charge in [-0.2, -0.15) is 0 Å². The molecular formula is C15H22N2O. The van der Waals surface area contributed by atoms with Gasteiger partial charge in [0.15, 0.2) is 0 Å². The van der Waals surface area contributed by atoms with Gasteiger partial charge in [0.1, 0.15) is 0 Å². The van der Waals surface area contributed by atoms with Crippen LogP contribution in [0.15, 0.2) is 12.1 Å². The molecule has 3 heteroatoms. The predicted molar refractivity (Wildman–Crippen MR) is 73.7 cm³/mol. The molecule has 1 saturated heterocycles. The summed E-state index contributed by atoms with van der Waals surface area (Å²) in [5, 5.41) is 0. The summed E-state index contributed by atoms with van der Waals surface area (Å²) in [5.74, 6) is 0.130. The number of amides is 1. The molecule has 18 heavy (non-hydrogen) atoms. The van der Waals surface area contributed by atoms with Crippen molar-refractivity contribution in [3.8, 4) is 0 Å². The van der Waals surface area contributed by atoms with Crippen LogP contribution in [-0.2, 0) is 0 Å². The average molecular weight is 246 g/mol. The van der Waals surface area contributed by atoms with Crippen molar-refractivity contribution in [3.63, 3.8) is 0 Å². The fourth-order valence-corrected chi connectivity index (χ4v) is 2.91. The van der Waals surface area contributed by atoms with E-state index in [0.717, 1.165) is 29.7 Å².